The number of furan rings is 1. The zero-order valence-electron chi connectivity index (χ0n) is 38.0. The van der Waals surface area contributed by atoms with Crippen molar-refractivity contribution in [3.05, 3.63) is 169 Å². The Bertz CT molecular complexity index is 2820. The van der Waals surface area contributed by atoms with Gasteiger partial charge in [0.25, 0.3) is 0 Å². The predicted molar refractivity (Wildman–Crippen MR) is 243 cm³/mol. The van der Waals surface area contributed by atoms with E-state index in [9.17, 15) is 0 Å². The summed E-state index contributed by atoms with van der Waals surface area (Å²) in [6.45, 7) is 13.4. The normalized spacial score (nSPS) is 15.9. The number of pyridine rings is 2. The summed E-state index contributed by atoms with van der Waals surface area (Å²) in [6, 6.07) is 45.5. The molecule has 0 spiro atoms. The summed E-state index contributed by atoms with van der Waals surface area (Å²) in [5, 5.41) is 3.48. The van der Waals surface area contributed by atoms with E-state index in [-0.39, 0.29) is 20.1 Å². The molecule has 295 valence electrons. The summed E-state index contributed by atoms with van der Waals surface area (Å²) in [4.78, 5) is 9.31. The first-order chi connectivity index (χ1) is 29.0. The van der Waals surface area contributed by atoms with Gasteiger partial charge in [-0.3, -0.25) is 4.98 Å². The minimum Gasteiger partial charge on any atom is -0.501 e. The summed E-state index contributed by atoms with van der Waals surface area (Å²) in [7, 11) is -1.42. The first-order valence-electron chi connectivity index (χ1n) is 21.9. The molecule has 1 radical (unpaired) electrons. The van der Waals surface area contributed by atoms with E-state index in [1.165, 1.54) is 5.19 Å². The van der Waals surface area contributed by atoms with Crippen LogP contribution in [0.25, 0.3) is 66.7 Å². The molecular formula is C53H52IrN2OSi-2. The SMILES string of the molecule is [2H]C([2H])([2H])c1cc([CH2-])c(-c2ccc([Si](C)(C)C)cn2)cc1-c1ccccc1.[2H]C1(c2ccc(-c3ccnc(-c4[c-]ccc5c4oc4ccccc45)c3)cc2)CCC(C)(C)CC1.[Ir]. The molecule has 3 heterocycles. The Labute approximate surface area is 365 Å². The van der Waals surface area contributed by atoms with Crippen molar-refractivity contribution in [2.75, 3.05) is 0 Å². The molecule has 1 aliphatic rings. The van der Waals surface area contributed by atoms with Gasteiger partial charge < -0.3 is 9.40 Å². The molecule has 1 saturated carbocycles. The molecule has 5 heteroatoms. The second-order valence-corrected chi connectivity index (χ2v) is 22.1. The van der Waals surface area contributed by atoms with E-state index in [2.05, 4.69) is 105 Å². The Morgan fingerprint density at radius 1 is 0.759 bits per heavy atom. The van der Waals surface area contributed by atoms with Crippen LogP contribution in [0.2, 0.25) is 19.6 Å². The standard InChI is InChI=1S/C31H28NO.C22H24NSi.Ir/c1-31(2)17-14-23(15-18-31)21-10-12-22(13-11-21)24-16-19-32-28(20-24)27-8-5-7-26-25-6-3-4-9-29(25)33-30(26)27;1-16-13-17(2)21(14-20(16)18-9-7-6-8-10-18)22-12-11-19(15-23-22)24(3,4)5;/h3-7,9-13,16,19-20,23H,14-15,17-18H2,1-2H3;6-15H,2H2,1,3-5H3;/q2*-1;/i23D;1D3;. The van der Waals surface area contributed by atoms with Crippen LogP contribution in [-0.2, 0) is 20.1 Å². The molecule has 0 unspecified atom stereocenters. The van der Waals surface area contributed by atoms with Crippen molar-refractivity contribution in [3.63, 3.8) is 0 Å². The van der Waals surface area contributed by atoms with Crippen molar-refractivity contribution in [2.24, 2.45) is 5.41 Å². The molecule has 0 saturated heterocycles. The van der Waals surface area contributed by atoms with Gasteiger partial charge in [-0.2, -0.15) is 18.6 Å². The van der Waals surface area contributed by atoms with Crippen LogP contribution in [0, 0.1) is 25.3 Å². The molecule has 0 bridgehead atoms. The van der Waals surface area contributed by atoms with Crippen LogP contribution >= 0.6 is 0 Å². The molecule has 3 nitrogen and oxygen atoms in total. The van der Waals surface area contributed by atoms with Crippen LogP contribution in [0.5, 0.6) is 0 Å². The van der Waals surface area contributed by atoms with Gasteiger partial charge in [0.05, 0.1) is 13.7 Å². The third-order valence-electron chi connectivity index (χ3n) is 11.4. The largest absolute Gasteiger partial charge is 0.501 e. The molecule has 5 aromatic carbocycles. The van der Waals surface area contributed by atoms with Crippen molar-refractivity contribution < 1.29 is 30.0 Å². The van der Waals surface area contributed by atoms with Crippen LogP contribution < -0.4 is 5.19 Å². The number of nitrogens with zero attached hydrogens (tertiary/aromatic N) is 2. The Balaban J connectivity index is 0.000000189. The molecule has 58 heavy (non-hydrogen) atoms. The molecule has 0 N–H and O–H groups in total. The number of aryl methyl sites for hydroxylation is 1. The zero-order valence-corrected chi connectivity index (χ0v) is 37.3. The topological polar surface area (TPSA) is 38.9 Å². The Morgan fingerprint density at radius 3 is 2.21 bits per heavy atom. The van der Waals surface area contributed by atoms with E-state index in [1.54, 1.807) is 6.07 Å². The molecule has 1 fully saturated rings. The first kappa shape index (κ1) is 36.0. The average Bonchev–Trinajstić information content (AvgIpc) is 3.64. The number of hydrogen-bond donors (Lipinski definition) is 0. The third kappa shape index (κ3) is 8.83. The number of fused-ring (bicyclic) bond motifs is 3. The minimum atomic E-state index is -2.20. The molecule has 9 rings (SSSR count). The van der Waals surface area contributed by atoms with Crippen LogP contribution in [0.1, 0.15) is 67.6 Å². The van der Waals surface area contributed by atoms with Gasteiger partial charge in [-0.05, 0) is 93.9 Å². The number of benzene rings is 5. The van der Waals surface area contributed by atoms with Crippen molar-refractivity contribution in [3.8, 4) is 44.8 Å². The number of rotatable bonds is 6. The van der Waals surface area contributed by atoms with E-state index in [4.69, 9.17) is 9.90 Å². The van der Waals surface area contributed by atoms with Crippen LogP contribution in [0.3, 0.4) is 0 Å². The Hall–Kier alpha value is -5.06. The fourth-order valence-corrected chi connectivity index (χ4v) is 8.81. The number of para-hydroxylation sites is 1. The van der Waals surface area contributed by atoms with Gasteiger partial charge in [0.2, 0.25) is 0 Å². The van der Waals surface area contributed by atoms with Crippen molar-refractivity contribution in [2.45, 2.75) is 71.9 Å². The monoisotopic (exact) mass is 957 g/mol. The molecule has 0 aliphatic heterocycles. The van der Waals surface area contributed by atoms with Gasteiger partial charge in [0.1, 0.15) is 5.58 Å². The minimum absolute atomic E-state index is 0. The maximum absolute atomic E-state index is 9.06. The molecular weight excluding hydrogens is 901 g/mol. The van der Waals surface area contributed by atoms with E-state index in [0.29, 0.717) is 22.1 Å². The van der Waals surface area contributed by atoms with Crippen LogP contribution in [0.4, 0.5) is 0 Å². The molecule has 3 aromatic heterocycles. The van der Waals surface area contributed by atoms with Crippen molar-refractivity contribution in [1.29, 1.82) is 0 Å². The summed E-state index contributed by atoms with van der Waals surface area (Å²) >= 11 is 0. The fourth-order valence-electron chi connectivity index (χ4n) is 7.78. The Kier molecular flexibility index (Phi) is 10.6. The maximum Gasteiger partial charge on any atom is 0.120 e. The number of hydrogen-bond acceptors (Lipinski definition) is 3. The van der Waals surface area contributed by atoms with Crippen molar-refractivity contribution >= 4 is 35.2 Å². The smallest absolute Gasteiger partial charge is 0.120 e. The molecule has 1 aliphatic carbocycles. The quantitative estimate of drug-likeness (QED) is 0.123. The zero-order chi connectivity index (χ0) is 43.2. The van der Waals surface area contributed by atoms with E-state index in [1.807, 2.05) is 85.2 Å². The summed E-state index contributed by atoms with van der Waals surface area (Å²) in [5.41, 5.74) is 11.4. The summed E-state index contributed by atoms with van der Waals surface area (Å²) in [5.74, 6) is -0.469. The second kappa shape index (κ2) is 17.0. The van der Waals surface area contributed by atoms with Gasteiger partial charge in [-0.1, -0.05) is 142 Å². The molecule has 0 amide bonds. The van der Waals surface area contributed by atoms with E-state index >= 15 is 0 Å². The van der Waals surface area contributed by atoms with Crippen LogP contribution in [-0.4, -0.2) is 18.0 Å². The maximum atomic E-state index is 9.06. The van der Waals surface area contributed by atoms with Gasteiger partial charge in [0.15, 0.2) is 0 Å². The van der Waals surface area contributed by atoms with Gasteiger partial charge >= 0.3 is 0 Å². The van der Waals surface area contributed by atoms with Crippen molar-refractivity contribution in [1.82, 2.24) is 9.97 Å². The molecule has 0 atom stereocenters. The third-order valence-corrected chi connectivity index (χ3v) is 13.4. The van der Waals surface area contributed by atoms with Gasteiger partial charge in [-0.25, -0.2) is 0 Å². The summed E-state index contributed by atoms with van der Waals surface area (Å²) in [6.07, 6.45) is 7.86. The van der Waals surface area contributed by atoms with Crippen LogP contribution in [0.15, 0.2) is 144 Å². The average molecular weight is 957 g/mol. The molecule has 8 aromatic rings. The number of aromatic nitrogens is 2. The summed E-state index contributed by atoms with van der Waals surface area (Å²) < 4.78 is 39.0. The second-order valence-electron chi connectivity index (χ2n) is 17.1. The van der Waals surface area contributed by atoms with E-state index < -0.39 is 20.8 Å². The first-order valence-corrected chi connectivity index (χ1v) is 23.4. The predicted octanol–water partition coefficient (Wildman–Crippen LogP) is 14.2. The van der Waals surface area contributed by atoms with E-state index in [0.717, 1.165) is 92.4 Å². The van der Waals surface area contributed by atoms with Gasteiger partial charge in [-0.15, -0.1) is 29.8 Å². The van der Waals surface area contributed by atoms with Gasteiger partial charge in [0, 0.05) is 49.1 Å². The fraction of sp³-hybridized carbons (Fsp3) is 0.226. The Morgan fingerprint density at radius 2 is 1.50 bits per heavy atom.